The number of piperidine rings is 2. The normalized spacial score (nSPS) is 25.9. The summed E-state index contributed by atoms with van der Waals surface area (Å²) in [5.74, 6) is 0.761. The Hall–Kier alpha value is -2.61. The molecule has 3 heterocycles. The van der Waals surface area contributed by atoms with Gasteiger partial charge in [0.2, 0.25) is 5.91 Å². The third-order valence-electron chi connectivity index (χ3n) is 7.15. The first-order valence-electron chi connectivity index (χ1n) is 11.7. The molecule has 3 saturated heterocycles. The summed E-state index contributed by atoms with van der Waals surface area (Å²) in [6.45, 7) is 3.23. The number of benzene rings is 1. The molecule has 3 atom stereocenters. The van der Waals surface area contributed by atoms with Crippen molar-refractivity contribution in [3.8, 4) is 5.75 Å². The number of urea groups is 1. The minimum atomic E-state index is -0.798. The molecule has 0 saturated carbocycles. The molecular formula is C24H34N4O4. The van der Waals surface area contributed by atoms with Gasteiger partial charge < -0.3 is 19.9 Å². The minimum absolute atomic E-state index is 0.00128. The number of hydrogen-bond donors (Lipinski definition) is 1. The van der Waals surface area contributed by atoms with E-state index in [-0.39, 0.29) is 24.8 Å². The third-order valence-corrected chi connectivity index (χ3v) is 7.15. The number of imide groups is 1. The fourth-order valence-electron chi connectivity index (χ4n) is 5.35. The van der Waals surface area contributed by atoms with Crippen molar-refractivity contribution in [2.24, 2.45) is 5.92 Å². The smallest absolute Gasteiger partial charge is 0.325 e. The molecule has 4 rings (SSSR count). The third kappa shape index (κ3) is 4.90. The maximum absolute atomic E-state index is 12.9. The van der Waals surface area contributed by atoms with Crippen LogP contribution in [0.2, 0.25) is 0 Å². The van der Waals surface area contributed by atoms with Gasteiger partial charge in [0.15, 0.2) is 0 Å². The van der Waals surface area contributed by atoms with Crippen LogP contribution in [0.4, 0.5) is 4.79 Å². The molecule has 32 heavy (non-hydrogen) atoms. The number of amides is 4. The second-order valence-corrected chi connectivity index (χ2v) is 9.25. The maximum Gasteiger partial charge on any atom is 0.325 e. The van der Waals surface area contributed by atoms with Crippen molar-refractivity contribution in [2.45, 2.75) is 57.2 Å². The molecule has 8 heteroatoms. The van der Waals surface area contributed by atoms with Gasteiger partial charge >= 0.3 is 6.03 Å². The molecule has 1 N–H and O–H groups in total. The molecule has 8 nitrogen and oxygen atoms in total. The van der Waals surface area contributed by atoms with Crippen molar-refractivity contribution in [1.29, 1.82) is 0 Å². The zero-order valence-electron chi connectivity index (χ0n) is 19.1. The van der Waals surface area contributed by atoms with Gasteiger partial charge in [-0.1, -0.05) is 18.6 Å². The van der Waals surface area contributed by atoms with E-state index in [0.717, 1.165) is 12.0 Å². The van der Waals surface area contributed by atoms with Crippen molar-refractivity contribution >= 4 is 17.8 Å². The summed E-state index contributed by atoms with van der Waals surface area (Å²) in [6.07, 6.45) is 6.08. The van der Waals surface area contributed by atoms with Crippen LogP contribution in [0.1, 0.15) is 44.1 Å². The molecular weight excluding hydrogens is 408 g/mol. The number of carbonyl (C=O) groups is 3. The summed E-state index contributed by atoms with van der Waals surface area (Å²) < 4.78 is 5.14. The first-order chi connectivity index (χ1) is 15.5. The van der Waals surface area contributed by atoms with E-state index in [2.05, 4.69) is 10.2 Å². The molecule has 0 bridgehead atoms. The van der Waals surface area contributed by atoms with Gasteiger partial charge in [-0.05, 0) is 62.4 Å². The largest absolute Gasteiger partial charge is 0.497 e. The minimum Gasteiger partial charge on any atom is -0.497 e. The molecule has 0 aliphatic carbocycles. The van der Waals surface area contributed by atoms with E-state index < -0.39 is 12.1 Å². The van der Waals surface area contributed by atoms with Crippen LogP contribution in [0, 0.1) is 5.92 Å². The average Bonchev–Trinajstić information content (AvgIpc) is 3.07. The van der Waals surface area contributed by atoms with E-state index in [9.17, 15) is 14.4 Å². The standard InChI is InChI=1S/C24H34N4O4/c1-26(16-18-6-5-13-27-12-4-3-7-21(18)27)22(29)14-20-23(30)28(24(31)25-20)15-17-8-10-19(32-2)11-9-17/h8-11,18,20-21H,3-7,12-16H2,1-2H3,(H,25,31)/t18-,20-,21+/m0/s1. The Morgan fingerprint density at radius 3 is 2.62 bits per heavy atom. The van der Waals surface area contributed by atoms with Gasteiger partial charge in [0, 0.05) is 19.6 Å². The van der Waals surface area contributed by atoms with Crippen LogP contribution in [-0.4, -0.2) is 78.4 Å². The average molecular weight is 443 g/mol. The lowest BCUT2D eigenvalue weighted by molar-refractivity contribution is -0.135. The van der Waals surface area contributed by atoms with Gasteiger partial charge in [0.25, 0.3) is 5.91 Å². The van der Waals surface area contributed by atoms with Crippen LogP contribution in [0.3, 0.4) is 0 Å². The number of fused-ring (bicyclic) bond motifs is 1. The molecule has 1 aromatic carbocycles. The maximum atomic E-state index is 12.9. The second-order valence-electron chi connectivity index (χ2n) is 9.25. The zero-order chi connectivity index (χ0) is 22.7. The lowest BCUT2D eigenvalue weighted by Crippen LogP contribution is -2.51. The highest BCUT2D eigenvalue weighted by molar-refractivity contribution is 6.05. The van der Waals surface area contributed by atoms with E-state index in [0.29, 0.717) is 24.3 Å². The topological polar surface area (TPSA) is 82.2 Å². The van der Waals surface area contributed by atoms with Crippen molar-refractivity contribution in [2.75, 3.05) is 33.8 Å². The number of hydrogen-bond acceptors (Lipinski definition) is 5. The van der Waals surface area contributed by atoms with Crippen molar-refractivity contribution in [3.63, 3.8) is 0 Å². The molecule has 0 unspecified atom stereocenters. The number of nitrogens with one attached hydrogen (secondary N) is 1. The summed E-state index contributed by atoms with van der Waals surface area (Å²) in [5, 5.41) is 2.69. The fraction of sp³-hybridized carbons (Fsp3) is 0.625. The molecule has 3 fully saturated rings. The Morgan fingerprint density at radius 2 is 1.88 bits per heavy atom. The Labute approximate surface area is 189 Å². The number of nitrogens with zero attached hydrogens (tertiary/aromatic N) is 3. The van der Waals surface area contributed by atoms with Crippen LogP contribution in [0.15, 0.2) is 24.3 Å². The van der Waals surface area contributed by atoms with E-state index in [1.807, 2.05) is 19.2 Å². The fourth-order valence-corrected chi connectivity index (χ4v) is 5.35. The second kappa shape index (κ2) is 9.90. The van der Waals surface area contributed by atoms with Crippen LogP contribution in [-0.2, 0) is 16.1 Å². The monoisotopic (exact) mass is 442 g/mol. The molecule has 0 aromatic heterocycles. The summed E-state index contributed by atoms with van der Waals surface area (Å²) in [7, 11) is 3.41. The SMILES string of the molecule is COc1ccc(CN2C(=O)N[C@@H](CC(=O)N(C)C[C@@H]3CCCN4CCCC[C@H]34)C2=O)cc1. The first kappa shape index (κ1) is 22.6. The zero-order valence-corrected chi connectivity index (χ0v) is 19.1. The molecule has 174 valence electrons. The Kier molecular flexibility index (Phi) is 6.98. The molecule has 4 amide bonds. The predicted molar refractivity (Wildman–Crippen MR) is 120 cm³/mol. The highest BCUT2D eigenvalue weighted by Crippen LogP contribution is 2.31. The van der Waals surface area contributed by atoms with Crippen molar-refractivity contribution in [1.82, 2.24) is 20.0 Å². The molecule has 0 spiro atoms. The van der Waals surface area contributed by atoms with Crippen molar-refractivity contribution in [3.05, 3.63) is 29.8 Å². The van der Waals surface area contributed by atoms with Gasteiger partial charge in [-0.2, -0.15) is 0 Å². The van der Waals surface area contributed by atoms with Gasteiger partial charge in [0.05, 0.1) is 20.1 Å². The highest BCUT2D eigenvalue weighted by atomic mass is 16.5. The molecule has 1 aromatic rings. The first-order valence-corrected chi connectivity index (χ1v) is 11.7. The Bertz CT molecular complexity index is 841. The lowest BCUT2D eigenvalue weighted by atomic mass is 9.83. The van der Waals surface area contributed by atoms with Gasteiger partial charge in [-0.3, -0.25) is 14.5 Å². The van der Waals surface area contributed by atoms with Gasteiger partial charge in [-0.25, -0.2) is 4.79 Å². The quantitative estimate of drug-likeness (QED) is 0.655. The van der Waals surface area contributed by atoms with Crippen LogP contribution >= 0.6 is 0 Å². The Morgan fingerprint density at radius 1 is 1.12 bits per heavy atom. The summed E-state index contributed by atoms with van der Waals surface area (Å²) in [4.78, 5) is 43.6. The van der Waals surface area contributed by atoms with Crippen LogP contribution in [0.5, 0.6) is 5.75 Å². The van der Waals surface area contributed by atoms with Crippen molar-refractivity contribution < 1.29 is 19.1 Å². The van der Waals surface area contributed by atoms with E-state index in [4.69, 9.17) is 4.74 Å². The van der Waals surface area contributed by atoms with Gasteiger partial charge in [-0.15, -0.1) is 0 Å². The summed E-state index contributed by atoms with van der Waals surface area (Å²) in [5.41, 5.74) is 0.827. The summed E-state index contributed by atoms with van der Waals surface area (Å²) >= 11 is 0. The van der Waals surface area contributed by atoms with E-state index >= 15 is 0 Å². The highest BCUT2D eigenvalue weighted by Gasteiger charge is 2.40. The number of methoxy groups -OCH3 is 1. The summed E-state index contributed by atoms with van der Waals surface area (Å²) in [6, 6.07) is 6.56. The van der Waals surface area contributed by atoms with E-state index in [1.165, 1.54) is 43.7 Å². The number of carbonyl (C=O) groups excluding carboxylic acids is 3. The molecule has 3 aliphatic rings. The van der Waals surface area contributed by atoms with Crippen LogP contribution < -0.4 is 10.1 Å². The number of ether oxygens (including phenoxy) is 1. The predicted octanol–water partition coefficient (Wildman–Crippen LogP) is 2.23. The van der Waals surface area contributed by atoms with Gasteiger partial charge in [0.1, 0.15) is 11.8 Å². The lowest BCUT2D eigenvalue weighted by Gasteiger charge is -2.45. The Balaban J connectivity index is 1.31. The molecule has 0 radical (unpaired) electrons. The van der Waals surface area contributed by atoms with E-state index in [1.54, 1.807) is 24.1 Å². The molecule has 3 aliphatic heterocycles. The number of rotatable bonds is 7. The van der Waals surface area contributed by atoms with Crippen LogP contribution in [0.25, 0.3) is 0 Å².